The zero-order valence-corrected chi connectivity index (χ0v) is 17.0. The lowest BCUT2D eigenvalue weighted by Gasteiger charge is -2.43. The zero-order valence-electron chi connectivity index (χ0n) is 17.0. The van der Waals surface area contributed by atoms with E-state index in [2.05, 4.69) is 14.9 Å². The number of hydrogen-bond donors (Lipinski definition) is 2. The van der Waals surface area contributed by atoms with E-state index in [1.54, 1.807) is 18.3 Å². The summed E-state index contributed by atoms with van der Waals surface area (Å²) in [7, 11) is 0. The first-order chi connectivity index (χ1) is 15.1. The number of carbonyl (C=O) groups excluding carboxylic acids is 1. The van der Waals surface area contributed by atoms with Crippen LogP contribution >= 0.6 is 0 Å². The maximum Gasteiger partial charge on any atom is 0.229 e. The van der Waals surface area contributed by atoms with Crippen molar-refractivity contribution in [2.24, 2.45) is 5.92 Å². The first kappa shape index (κ1) is 19.5. The number of H-pyrrole nitrogens is 1. The highest BCUT2D eigenvalue weighted by Gasteiger charge is 2.51. The van der Waals surface area contributed by atoms with Crippen LogP contribution in [0.3, 0.4) is 0 Å². The number of halogens is 1. The summed E-state index contributed by atoms with van der Waals surface area (Å²) in [5.74, 6) is -0.453. The molecule has 1 saturated carbocycles. The van der Waals surface area contributed by atoms with Gasteiger partial charge >= 0.3 is 0 Å². The minimum atomic E-state index is -0.965. The van der Waals surface area contributed by atoms with Crippen LogP contribution in [0.15, 0.2) is 36.7 Å². The van der Waals surface area contributed by atoms with Gasteiger partial charge in [-0.05, 0) is 43.5 Å². The third kappa shape index (κ3) is 3.50. The van der Waals surface area contributed by atoms with Crippen molar-refractivity contribution in [1.29, 1.82) is 10.7 Å². The molecule has 2 unspecified atom stereocenters. The van der Waals surface area contributed by atoms with Crippen molar-refractivity contribution in [3.05, 3.63) is 48.1 Å². The minimum Gasteiger partial charge on any atom is -0.366 e. The smallest absolute Gasteiger partial charge is 0.229 e. The molecule has 3 aliphatic rings. The van der Waals surface area contributed by atoms with E-state index in [-0.39, 0.29) is 18.0 Å². The molecule has 0 spiro atoms. The predicted octanol–water partition coefficient (Wildman–Crippen LogP) is 2.97. The summed E-state index contributed by atoms with van der Waals surface area (Å²) >= 11 is 0. The molecule has 4 atom stereocenters. The Kier molecular flexibility index (Phi) is 4.81. The van der Waals surface area contributed by atoms with Crippen molar-refractivity contribution in [3.8, 4) is 17.2 Å². The number of hydrogen-bond acceptors (Lipinski definition) is 5. The summed E-state index contributed by atoms with van der Waals surface area (Å²) < 4.78 is 13.5. The molecule has 2 saturated heterocycles. The molecular formula is C23H23FN6O. The third-order valence-electron chi connectivity index (χ3n) is 6.52. The minimum absolute atomic E-state index is 0.0206. The van der Waals surface area contributed by atoms with E-state index < -0.39 is 12.1 Å². The van der Waals surface area contributed by atoms with E-state index in [9.17, 15) is 9.18 Å². The number of alkyl halides is 1. The molecule has 158 valence electrons. The van der Waals surface area contributed by atoms with E-state index in [1.165, 1.54) is 6.21 Å². The summed E-state index contributed by atoms with van der Waals surface area (Å²) in [6, 6.07) is 7.75. The number of allylic oxidation sites excluding steroid dienone is 1. The second-order valence-electron chi connectivity index (χ2n) is 8.46. The van der Waals surface area contributed by atoms with Gasteiger partial charge in [0.05, 0.1) is 17.3 Å². The van der Waals surface area contributed by atoms with E-state index >= 15 is 0 Å². The van der Waals surface area contributed by atoms with Crippen molar-refractivity contribution in [2.45, 2.75) is 37.5 Å². The molecule has 2 bridgehead atoms. The van der Waals surface area contributed by atoms with Gasteiger partial charge in [0.15, 0.2) is 0 Å². The zero-order chi connectivity index (χ0) is 21.5. The molecule has 2 aliphatic heterocycles. The largest absolute Gasteiger partial charge is 0.366 e. The Bertz CT molecular complexity index is 1070. The highest BCUT2D eigenvalue weighted by Crippen LogP contribution is 2.41. The van der Waals surface area contributed by atoms with Crippen LogP contribution in [0.25, 0.3) is 16.8 Å². The Morgan fingerprint density at radius 1 is 1.29 bits per heavy atom. The Labute approximate surface area is 179 Å². The molecular weight excluding hydrogens is 395 g/mol. The fraction of sp³-hybridized carbons (Fsp3) is 0.391. The number of likely N-dealkylation sites (tertiary alicyclic amines) is 1. The summed E-state index contributed by atoms with van der Waals surface area (Å²) in [6.07, 6.45) is 7.87. The molecule has 31 heavy (non-hydrogen) atoms. The Morgan fingerprint density at radius 3 is 2.61 bits per heavy atom. The van der Waals surface area contributed by atoms with E-state index in [4.69, 9.17) is 10.7 Å². The van der Waals surface area contributed by atoms with Crippen molar-refractivity contribution in [2.75, 3.05) is 13.1 Å². The Balaban J connectivity index is 1.36. The molecule has 1 aliphatic carbocycles. The molecule has 1 amide bonds. The van der Waals surface area contributed by atoms with Crippen LogP contribution in [0.4, 0.5) is 4.39 Å². The number of nitrogens with one attached hydrogen (secondary N) is 2. The Morgan fingerprint density at radius 2 is 2.03 bits per heavy atom. The lowest BCUT2D eigenvalue weighted by molar-refractivity contribution is -0.138. The van der Waals surface area contributed by atoms with E-state index in [1.807, 2.05) is 29.3 Å². The highest BCUT2D eigenvalue weighted by atomic mass is 19.1. The normalized spacial score (nSPS) is 27.2. The number of amides is 1. The number of piperazine rings is 1. The first-order valence-corrected chi connectivity index (χ1v) is 10.6. The standard InChI is InChI=1S/C23H23FN6O/c24-20-8-19(20)23(31)30-17-3-4-18(30)13-29(12-17)22(5-6-25)21-7-15(11-28-21)14-1-2-16(9-26)27-10-14/h1-2,5-7,10-11,17-20,25,28H,3-4,8,12-13H2/b22-5+,25-6?/t17?,18?,19-,20-/m1/s1. The second kappa shape index (κ2) is 7.65. The predicted molar refractivity (Wildman–Crippen MR) is 114 cm³/mol. The van der Waals surface area contributed by atoms with Crippen LogP contribution in [-0.2, 0) is 4.79 Å². The Hall–Kier alpha value is -3.47. The van der Waals surface area contributed by atoms with Crippen molar-refractivity contribution >= 4 is 17.8 Å². The summed E-state index contributed by atoms with van der Waals surface area (Å²) in [5.41, 5.74) is 4.01. The number of nitriles is 1. The van der Waals surface area contributed by atoms with Gasteiger partial charge in [0.2, 0.25) is 5.91 Å². The van der Waals surface area contributed by atoms with E-state index in [0.717, 1.165) is 35.4 Å². The van der Waals surface area contributed by atoms with Crippen molar-refractivity contribution < 1.29 is 9.18 Å². The molecule has 8 heteroatoms. The molecule has 3 fully saturated rings. The summed E-state index contributed by atoms with van der Waals surface area (Å²) in [4.78, 5) is 24.3. The first-order valence-electron chi connectivity index (χ1n) is 10.6. The second-order valence-corrected chi connectivity index (χ2v) is 8.46. The maximum atomic E-state index is 13.5. The number of pyridine rings is 1. The van der Waals surface area contributed by atoms with Gasteiger partial charge in [0.1, 0.15) is 17.9 Å². The van der Waals surface area contributed by atoms with Crippen molar-refractivity contribution in [1.82, 2.24) is 19.8 Å². The van der Waals surface area contributed by atoms with Gasteiger partial charge < -0.3 is 20.2 Å². The fourth-order valence-electron chi connectivity index (χ4n) is 4.85. The quantitative estimate of drug-likeness (QED) is 0.729. The van der Waals surface area contributed by atoms with Crippen LogP contribution in [-0.4, -0.2) is 63.2 Å². The molecule has 2 aromatic heterocycles. The number of rotatable bonds is 5. The van der Waals surface area contributed by atoms with Gasteiger partial charge in [0, 0.05) is 54.9 Å². The number of carbonyl (C=O) groups is 1. The van der Waals surface area contributed by atoms with Crippen molar-refractivity contribution in [3.63, 3.8) is 0 Å². The van der Waals surface area contributed by atoms with Gasteiger partial charge in [-0.1, -0.05) is 0 Å². The summed E-state index contributed by atoms with van der Waals surface area (Å²) in [6.45, 7) is 1.36. The average Bonchev–Trinajstić information content (AvgIpc) is 3.21. The van der Waals surface area contributed by atoms with Crippen LogP contribution < -0.4 is 0 Å². The van der Waals surface area contributed by atoms with E-state index in [0.29, 0.717) is 25.2 Å². The number of fused-ring (bicyclic) bond motifs is 2. The van der Waals surface area contributed by atoms with Crippen LogP contribution in [0.5, 0.6) is 0 Å². The molecule has 2 aromatic rings. The molecule has 4 heterocycles. The molecule has 0 aromatic carbocycles. The molecule has 7 nitrogen and oxygen atoms in total. The summed E-state index contributed by atoms with van der Waals surface area (Å²) in [5, 5.41) is 16.6. The van der Waals surface area contributed by atoms with Gasteiger partial charge in [0.25, 0.3) is 0 Å². The monoisotopic (exact) mass is 418 g/mol. The SMILES string of the molecule is N#Cc1ccc(-c2c[nH]c(/C(=C\C=N)N3CC4CCC(C3)N4C(=O)[C@@H]3C[C@H]3F)c2)cn1. The molecule has 0 radical (unpaired) electrons. The highest BCUT2D eigenvalue weighted by molar-refractivity contribution is 5.84. The number of aromatic amines is 1. The van der Waals surface area contributed by atoms with Crippen LogP contribution in [0, 0.1) is 22.7 Å². The number of aromatic nitrogens is 2. The maximum absolute atomic E-state index is 13.5. The fourth-order valence-corrected chi connectivity index (χ4v) is 4.85. The van der Waals surface area contributed by atoms with Crippen LogP contribution in [0.2, 0.25) is 0 Å². The van der Waals surface area contributed by atoms with Gasteiger partial charge in [-0.3, -0.25) is 4.79 Å². The topological polar surface area (TPSA) is 99.9 Å². The molecule has 5 rings (SSSR count). The lowest BCUT2D eigenvalue weighted by Crippen LogP contribution is -2.55. The van der Waals surface area contributed by atoms with Crippen LogP contribution in [0.1, 0.15) is 30.7 Å². The lowest BCUT2D eigenvalue weighted by atomic mass is 10.1. The van der Waals surface area contributed by atoms with Gasteiger partial charge in [-0.2, -0.15) is 5.26 Å². The van der Waals surface area contributed by atoms with Gasteiger partial charge in [-0.15, -0.1) is 0 Å². The number of nitrogens with zero attached hydrogens (tertiary/aromatic N) is 4. The van der Waals surface area contributed by atoms with Gasteiger partial charge in [-0.25, -0.2) is 9.37 Å². The third-order valence-corrected chi connectivity index (χ3v) is 6.52. The molecule has 2 N–H and O–H groups in total. The average molecular weight is 418 g/mol.